The minimum atomic E-state index is -0.436. The highest BCUT2D eigenvalue weighted by Gasteiger charge is 2.16. The van der Waals surface area contributed by atoms with E-state index in [2.05, 4.69) is 4.89 Å². The Morgan fingerprint density at radius 1 is 0.969 bits per heavy atom. The first-order chi connectivity index (χ1) is 15.4. The molecule has 0 bridgehead atoms. The first kappa shape index (κ1) is 21.9. The van der Waals surface area contributed by atoms with Crippen LogP contribution in [-0.4, -0.2) is 21.0 Å². The Bertz CT molecular complexity index is 1300. The van der Waals surface area contributed by atoms with Crippen molar-refractivity contribution in [2.75, 3.05) is 6.61 Å². The van der Waals surface area contributed by atoms with Crippen molar-refractivity contribution in [1.82, 2.24) is 9.13 Å². The highest BCUT2D eigenvalue weighted by molar-refractivity contribution is 5.79. The number of para-hydroxylation sites is 1. The van der Waals surface area contributed by atoms with Crippen molar-refractivity contribution in [2.45, 2.75) is 33.4 Å². The van der Waals surface area contributed by atoms with Gasteiger partial charge in [0.25, 0.3) is 0 Å². The molecule has 1 N–H and O–H groups in total. The third kappa shape index (κ3) is 4.20. The average molecular weight is 433 g/mol. The van der Waals surface area contributed by atoms with Crippen LogP contribution in [0.5, 0.6) is 5.75 Å². The van der Waals surface area contributed by atoms with E-state index in [0.29, 0.717) is 12.3 Å². The summed E-state index contributed by atoms with van der Waals surface area (Å²) in [6.07, 6.45) is -0.436. The zero-order chi connectivity index (χ0) is 22.8. The second-order valence-corrected chi connectivity index (χ2v) is 8.27. The third-order valence-corrected chi connectivity index (χ3v) is 5.96. The van der Waals surface area contributed by atoms with Crippen LogP contribution in [-0.2, 0) is 18.5 Å². The number of aryl methyl sites for hydroxylation is 4. The fraction of sp³-hybridized carbons (Fsp3) is 0.269. The lowest BCUT2D eigenvalue weighted by Crippen LogP contribution is -2.23. The van der Waals surface area contributed by atoms with Gasteiger partial charge >= 0.3 is 5.69 Å². The maximum atomic E-state index is 12.9. The van der Waals surface area contributed by atoms with Crippen molar-refractivity contribution in [2.24, 2.45) is 7.05 Å². The van der Waals surface area contributed by atoms with Crippen LogP contribution in [0.25, 0.3) is 11.0 Å². The third-order valence-electron chi connectivity index (χ3n) is 5.96. The Morgan fingerprint density at radius 2 is 1.72 bits per heavy atom. The van der Waals surface area contributed by atoms with E-state index in [1.165, 1.54) is 0 Å². The van der Waals surface area contributed by atoms with Gasteiger partial charge in [-0.25, -0.2) is 9.68 Å². The van der Waals surface area contributed by atoms with Gasteiger partial charge in [-0.2, -0.15) is 0 Å². The summed E-state index contributed by atoms with van der Waals surface area (Å²) >= 11 is 0. The van der Waals surface area contributed by atoms with E-state index in [1.54, 1.807) is 9.13 Å². The van der Waals surface area contributed by atoms with Crippen LogP contribution in [0, 0.1) is 20.8 Å². The van der Waals surface area contributed by atoms with Gasteiger partial charge in [-0.3, -0.25) is 14.4 Å². The Balaban J connectivity index is 1.61. The van der Waals surface area contributed by atoms with Crippen LogP contribution in [0.2, 0.25) is 0 Å². The summed E-state index contributed by atoms with van der Waals surface area (Å²) in [5.74, 6) is 0.676. The van der Waals surface area contributed by atoms with Gasteiger partial charge in [0.15, 0.2) is 6.10 Å². The molecule has 0 saturated heterocycles. The lowest BCUT2D eigenvalue weighted by Gasteiger charge is -2.19. The Morgan fingerprint density at radius 3 is 2.41 bits per heavy atom. The summed E-state index contributed by atoms with van der Waals surface area (Å²) in [7, 11) is 1.81. The van der Waals surface area contributed by atoms with Gasteiger partial charge in [-0.15, -0.1) is 0 Å². The largest absolute Gasteiger partial charge is 0.483 e. The molecule has 1 unspecified atom stereocenters. The number of hydrogen-bond acceptors (Lipinski definition) is 4. The average Bonchev–Trinajstić information content (AvgIpc) is 3.01. The first-order valence-electron chi connectivity index (χ1n) is 10.6. The molecule has 0 saturated carbocycles. The van der Waals surface area contributed by atoms with Crippen molar-refractivity contribution in [1.29, 1.82) is 0 Å². The van der Waals surface area contributed by atoms with Crippen LogP contribution >= 0.6 is 0 Å². The maximum Gasteiger partial charge on any atom is 0.329 e. The number of nitrogens with zero attached hydrogens (tertiary/aromatic N) is 2. The van der Waals surface area contributed by atoms with E-state index in [9.17, 15) is 4.79 Å². The summed E-state index contributed by atoms with van der Waals surface area (Å²) in [4.78, 5) is 17.3. The number of aromatic nitrogens is 2. The summed E-state index contributed by atoms with van der Waals surface area (Å²) in [5, 5.41) is 9.01. The number of hydrogen-bond donors (Lipinski definition) is 1. The lowest BCUT2D eigenvalue weighted by molar-refractivity contribution is -0.255. The summed E-state index contributed by atoms with van der Waals surface area (Å²) < 4.78 is 9.64. The molecule has 1 heterocycles. The standard InChI is InChI=1S/C26H28N2O4/c1-17-8-10-20(11-9-17)24(16-31-30)32-22-13-12-21(19(3)14-22)15-28-23-7-5-6-18(2)25(23)27(4)26(28)29/h5-14,24,30H,15-16H2,1-4H3. The van der Waals surface area contributed by atoms with E-state index in [-0.39, 0.29) is 12.3 Å². The van der Waals surface area contributed by atoms with E-state index in [0.717, 1.165) is 38.9 Å². The highest BCUT2D eigenvalue weighted by Crippen LogP contribution is 2.26. The molecule has 4 aromatic rings. The molecular weight excluding hydrogens is 404 g/mol. The molecule has 6 heteroatoms. The topological polar surface area (TPSA) is 65.6 Å². The second kappa shape index (κ2) is 9.02. The van der Waals surface area contributed by atoms with Crippen LogP contribution in [0.15, 0.2) is 65.5 Å². The van der Waals surface area contributed by atoms with Crippen molar-refractivity contribution in [3.63, 3.8) is 0 Å². The molecule has 1 atom stereocenters. The zero-order valence-electron chi connectivity index (χ0n) is 18.8. The predicted molar refractivity (Wildman–Crippen MR) is 125 cm³/mol. The van der Waals surface area contributed by atoms with Crippen LogP contribution in [0.3, 0.4) is 0 Å². The molecule has 4 rings (SSSR count). The zero-order valence-corrected chi connectivity index (χ0v) is 18.8. The normalized spacial score (nSPS) is 12.3. The molecule has 6 nitrogen and oxygen atoms in total. The van der Waals surface area contributed by atoms with Gasteiger partial charge in [-0.1, -0.05) is 48.0 Å². The number of benzene rings is 3. The minimum absolute atomic E-state index is 0.0224. The monoisotopic (exact) mass is 432 g/mol. The number of rotatable bonds is 7. The number of fused-ring (bicyclic) bond motifs is 1. The highest BCUT2D eigenvalue weighted by atomic mass is 17.1. The summed E-state index contributed by atoms with van der Waals surface area (Å²) in [6, 6.07) is 19.7. The molecule has 0 amide bonds. The van der Waals surface area contributed by atoms with Crippen molar-refractivity contribution in [3.05, 3.63) is 99.0 Å². The fourth-order valence-electron chi connectivity index (χ4n) is 4.13. The molecule has 0 aliphatic rings. The first-order valence-corrected chi connectivity index (χ1v) is 10.6. The Kier molecular flexibility index (Phi) is 6.17. The van der Waals surface area contributed by atoms with Crippen LogP contribution in [0.1, 0.15) is 33.9 Å². The smallest absolute Gasteiger partial charge is 0.329 e. The number of imidazole rings is 1. The van der Waals surface area contributed by atoms with Crippen LogP contribution in [0.4, 0.5) is 0 Å². The quantitative estimate of drug-likeness (QED) is 0.332. The van der Waals surface area contributed by atoms with Crippen LogP contribution < -0.4 is 10.4 Å². The number of ether oxygens (including phenoxy) is 1. The molecule has 3 aromatic carbocycles. The molecule has 0 fully saturated rings. The molecule has 0 aliphatic heterocycles. The van der Waals surface area contributed by atoms with Gasteiger partial charge in [0, 0.05) is 7.05 Å². The van der Waals surface area contributed by atoms with E-state index in [4.69, 9.17) is 9.99 Å². The van der Waals surface area contributed by atoms with E-state index >= 15 is 0 Å². The molecule has 32 heavy (non-hydrogen) atoms. The molecule has 166 valence electrons. The second-order valence-electron chi connectivity index (χ2n) is 8.27. The van der Waals surface area contributed by atoms with Crippen molar-refractivity contribution < 1.29 is 14.9 Å². The lowest BCUT2D eigenvalue weighted by atomic mass is 10.1. The molecule has 0 aliphatic carbocycles. The van der Waals surface area contributed by atoms with Crippen molar-refractivity contribution in [3.8, 4) is 5.75 Å². The minimum Gasteiger partial charge on any atom is -0.483 e. The van der Waals surface area contributed by atoms with Gasteiger partial charge in [-0.05, 0) is 61.2 Å². The van der Waals surface area contributed by atoms with Crippen molar-refractivity contribution >= 4 is 11.0 Å². The SMILES string of the molecule is Cc1ccc(C(COO)Oc2ccc(Cn3c(=O)n(C)c4c(C)cccc43)c(C)c2)cc1. The fourth-order valence-corrected chi connectivity index (χ4v) is 4.13. The van der Waals surface area contributed by atoms with Gasteiger partial charge in [0.2, 0.25) is 0 Å². The van der Waals surface area contributed by atoms with Gasteiger partial charge in [0.05, 0.1) is 17.6 Å². The Labute approximate surface area is 187 Å². The van der Waals surface area contributed by atoms with Gasteiger partial charge < -0.3 is 4.74 Å². The van der Waals surface area contributed by atoms with E-state index in [1.807, 2.05) is 88.5 Å². The maximum absolute atomic E-state index is 12.9. The molecule has 1 aromatic heterocycles. The van der Waals surface area contributed by atoms with E-state index < -0.39 is 6.10 Å². The molecule has 0 radical (unpaired) electrons. The molecular formula is C26H28N2O4. The molecule has 0 spiro atoms. The van der Waals surface area contributed by atoms with Gasteiger partial charge in [0.1, 0.15) is 12.4 Å². The predicted octanol–water partition coefficient (Wildman–Crippen LogP) is 4.92. The summed E-state index contributed by atoms with van der Waals surface area (Å²) in [5.41, 5.74) is 7.06. The Hall–Kier alpha value is -3.35. The summed E-state index contributed by atoms with van der Waals surface area (Å²) in [6.45, 7) is 6.55.